The maximum atomic E-state index is 13.0. The SMILES string of the molecule is CS(=O)(=O)c1cnc2c(c1)cc(C(N)=O)n2Cc1ccc(F)cc1. The van der Waals surface area contributed by atoms with Gasteiger partial charge in [0.15, 0.2) is 9.84 Å². The molecule has 0 atom stereocenters. The molecule has 3 aromatic rings. The van der Waals surface area contributed by atoms with Gasteiger partial charge in [-0.3, -0.25) is 4.79 Å². The van der Waals surface area contributed by atoms with Crippen LogP contribution in [0, 0.1) is 5.82 Å². The molecule has 0 radical (unpaired) electrons. The number of primary amides is 1. The first-order chi connectivity index (χ1) is 11.3. The summed E-state index contributed by atoms with van der Waals surface area (Å²) in [7, 11) is -3.41. The number of amides is 1. The van der Waals surface area contributed by atoms with Crippen LogP contribution in [-0.2, 0) is 16.4 Å². The number of pyridine rings is 1. The Hall–Kier alpha value is -2.74. The number of fused-ring (bicyclic) bond motifs is 1. The van der Waals surface area contributed by atoms with Gasteiger partial charge in [-0.1, -0.05) is 12.1 Å². The fraction of sp³-hybridized carbons (Fsp3) is 0.125. The highest BCUT2D eigenvalue weighted by atomic mass is 32.2. The maximum absolute atomic E-state index is 13.0. The van der Waals surface area contributed by atoms with E-state index in [0.29, 0.717) is 11.0 Å². The number of rotatable bonds is 4. The van der Waals surface area contributed by atoms with Crippen molar-refractivity contribution in [2.75, 3.05) is 6.26 Å². The monoisotopic (exact) mass is 347 g/mol. The maximum Gasteiger partial charge on any atom is 0.265 e. The van der Waals surface area contributed by atoms with Crippen molar-refractivity contribution < 1.29 is 17.6 Å². The van der Waals surface area contributed by atoms with E-state index in [1.165, 1.54) is 30.5 Å². The number of hydrogen-bond donors (Lipinski definition) is 1. The van der Waals surface area contributed by atoms with E-state index >= 15 is 0 Å². The van der Waals surface area contributed by atoms with Crippen molar-refractivity contribution in [1.29, 1.82) is 0 Å². The first-order valence-electron chi connectivity index (χ1n) is 6.99. The van der Waals surface area contributed by atoms with E-state index in [1.807, 2.05) is 0 Å². The Kier molecular flexibility index (Phi) is 3.84. The van der Waals surface area contributed by atoms with Gasteiger partial charge >= 0.3 is 0 Å². The molecule has 0 aliphatic heterocycles. The zero-order valence-corrected chi connectivity index (χ0v) is 13.5. The molecule has 2 aromatic heterocycles. The van der Waals surface area contributed by atoms with Gasteiger partial charge < -0.3 is 10.3 Å². The van der Waals surface area contributed by atoms with Gasteiger partial charge in [0.2, 0.25) is 0 Å². The molecule has 0 bridgehead atoms. The lowest BCUT2D eigenvalue weighted by Crippen LogP contribution is -2.17. The molecule has 0 fully saturated rings. The Morgan fingerprint density at radius 3 is 2.50 bits per heavy atom. The standard InChI is InChI=1S/C16H14FN3O3S/c1-24(22,23)13-6-11-7-14(15(18)21)20(16(11)19-8-13)9-10-2-4-12(17)5-3-10/h2-8H,9H2,1H3,(H2,18,21). The van der Waals surface area contributed by atoms with Crippen LogP contribution in [0.25, 0.3) is 11.0 Å². The molecule has 0 unspecified atom stereocenters. The predicted molar refractivity (Wildman–Crippen MR) is 86.9 cm³/mol. The van der Waals surface area contributed by atoms with E-state index in [2.05, 4.69) is 4.98 Å². The average Bonchev–Trinajstić information content (AvgIpc) is 2.87. The largest absolute Gasteiger partial charge is 0.364 e. The second-order valence-electron chi connectivity index (χ2n) is 5.46. The number of aromatic nitrogens is 2. The van der Waals surface area contributed by atoms with Gasteiger partial charge in [-0.05, 0) is 29.8 Å². The van der Waals surface area contributed by atoms with Gasteiger partial charge in [-0.2, -0.15) is 0 Å². The molecule has 1 aromatic carbocycles. The van der Waals surface area contributed by atoms with Gasteiger partial charge in [0.05, 0.1) is 4.90 Å². The van der Waals surface area contributed by atoms with Crippen molar-refractivity contribution in [3.8, 4) is 0 Å². The van der Waals surface area contributed by atoms with Crippen molar-refractivity contribution in [2.45, 2.75) is 11.4 Å². The molecule has 8 heteroatoms. The number of nitrogens with two attached hydrogens (primary N) is 1. The zero-order chi connectivity index (χ0) is 17.5. The third-order valence-electron chi connectivity index (χ3n) is 3.64. The molecule has 2 heterocycles. The van der Waals surface area contributed by atoms with Crippen LogP contribution in [0.4, 0.5) is 4.39 Å². The molecule has 24 heavy (non-hydrogen) atoms. The predicted octanol–water partition coefficient (Wildman–Crippen LogP) is 1.73. The molecule has 0 aliphatic carbocycles. The van der Waals surface area contributed by atoms with Crippen LogP contribution in [-0.4, -0.2) is 30.1 Å². The van der Waals surface area contributed by atoms with E-state index in [1.54, 1.807) is 16.7 Å². The molecule has 0 spiro atoms. The Labute approximate surface area is 137 Å². The summed E-state index contributed by atoms with van der Waals surface area (Å²) < 4.78 is 37.9. The summed E-state index contributed by atoms with van der Waals surface area (Å²) in [6.07, 6.45) is 2.32. The summed E-state index contributed by atoms with van der Waals surface area (Å²) >= 11 is 0. The summed E-state index contributed by atoms with van der Waals surface area (Å²) in [5.41, 5.74) is 6.80. The minimum Gasteiger partial charge on any atom is -0.364 e. The minimum atomic E-state index is -3.41. The second kappa shape index (κ2) is 5.72. The van der Waals surface area contributed by atoms with Crippen molar-refractivity contribution >= 4 is 26.8 Å². The van der Waals surface area contributed by atoms with Crippen LogP contribution in [0.2, 0.25) is 0 Å². The molecular weight excluding hydrogens is 333 g/mol. The van der Waals surface area contributed by atoms with Gasteiger partial charge in [-0.25, -0.2) is 17.8 Å². The van der Waals surface area contributed by atoms with Gasteiger partial charge in [0.1, 0.15) is 17.2 Å². The Bertz CT molecular complexity index is 1040. The molecule has 124 valence electrons. The topological polar surface area (TPSA) is 95.1 Å². The summed E-state index contributed by atoms with van der Waals surface area (Å²) in [5.74, 6) is -1.02. The Morgan fingerprint density at radius 1 is 1.25 bits per heavy atom. The number of carbonyl (C=O) groups excluding carboxylic acids is 1. The van der Waals surface area contributed by atoms with Gasteiger partial charge in [0.25, 0.3) is 5.91 Å². The molecule has 2 N–H and O–H groups in total. The first kappa shape index (κ1) is 16.1. The van der Waals surface area contributed by atoms with Crippen LogP contribution < -0.4 is 5.73 Å². The van der Waals surface area contributed by atoms with Crippen LogP contribution >= 0.6 is 0 Å². The summed E-state index contributed by atoms with van der Waals surface area (Å²) in [6, 6.07) is 8.78. The number of nitrogens with zero attached hydrogens (tertiary/aromatic N) is 2. The highest BCUT2D eigenvalue weighted by Gasteiger charge is 2.17. The second-order valence-corrected chi connectivity index (χ2v) is 7.48. The van der Waals surface area contributed by atoms with Gasteiger partial charge in [0, 0.05) is 24.4 Å². The minimum absolute atomic E-state index is 0.0601. The third kappa shape index (κ3) is 3.00. The summed E-state index contributed by atoms with van der Waals surface area (Å²) in [5, 5.41) is 0.494. The van der Waals surface area contributed by atoms with E-state index < -0.39 is 15.7 Å². The van der Waals surface area contributed by atoms with E-state index in [-0.39, 0.29) is 23.0 Å². The smallest absolute Gasteiger partial charge is 0.265 e. The van der Waals surface area contributed by atoms with Crippen molar-refractivity contribution in [3.63, 3.8) is 0 Å². The lowest BCUT2D eigenvalue weighted by molar-refractivity contribution is 0.0992. The van der Waals surface area contributed by atoms with Crippen LogP contribution in [0.1, 0.15) is 16.1 Å². The van der Waals surface area contributed by atoms with E-state index in [0.717, 1.165) is 11.8 Å². The van der Waals surface area contributed by atoms with Crippen molar-refractivity contribution in [2.24, 2.45) is 5.73 Å². The number of carbonyl (C=O) groups is 1. The fourth-order valence-corrected chi connectivity index (χ4v) is 3.05. The molecule has 1 amide bonds. The number of hydrogen-bond acceptors (Lipinski definition) is 4. The van der Waals surface area contributed by atoms with E-state index in [4.69, 9.17) is 5.73 Å². The number of halogens is 1. The van der Waals surface area contributed by atoms with Crippen LogP contribution in [0.3, 0.4) is 0 Å². The molecule has 0 saturated heterocycles. The summed E-state index contributed by atoms with van der Waals surface area (Å²) in [6.45, 7) is 0.257. The zero-order valence-electron chi connectivity index (χ0n) is 12.7. The highest BCUT2D eigenvalue weighted by molar-refractivity contribution is 7.90. The number of benzene rings is 1. The van der Waals surface area contributed by atoms with Crippen LogP contribution in [0.5, 0.6) is 0 Å². The lowest BCUT2D eigenvalue weighted by Gasteiger charge is -2.08. The highest BCUT2D eigenvalue weighted by Crippen LogP contribution is 2.22. The van der Waals surface area contributed by atoms with Gasteiger partial charge in [-0.15, -0.1) is 0 Å². The van der Waals surface area contributed by atoms with Crippen molar-refractivity contribution in [3.05, 3.63) is 59.7 Å². The summed E-state index contributed by atoms with van der Waals surface area (Å²) in [4.78, 5) is 15.9. The molecule has 6 nitrogen and oxygen atoms in total. The lowest BCUT2D eigenvalue weighted by atomic mass is 10.2. The normalized spacial score (nSPS) is 11.8. The third-order valence-corrected chi connectivity index (χ3v) is 4.72. The Balaban J connectivity index is 2.16. The van der Waals surface area contributed by atoms with Crippen LogP contribution in [0.15, 0.2) is 47.5 Å². The molecule has 0 aliphatic rings. The number of sulfone groups is 1. The molecular formula is C16H14FN3O3S. The fourth-order valence-electron chi connectivity index (χ4n) is 2.46. The quantitative estimate of drug-likeness (QED) is 0.777. The van der Waals surface area contributed by atoms with Crippen molar-refractivity contribution in [1.82, 2.24) is 9.55 Å². The average molecular weight is 347 g/mol. The Morgan fingerprint density at radius 2 is 1.92 bits per heavy atom. The first-order valence-corrected chi connectivity index (χ1v) is 8.88. The molecule has 0 saturated carbocycles. The molecule has 3 rings (SSSR count). The van der Waals surface area contributed by atoms with E-state index in [9.17, 15) is 17.6 Å².